The summed E-state index contributed by atoms with van der Waals surface area (Å²) in [4.78, 5) is 0. The van der Waals surface area contributed by atoms with Crippen molar-refractivity contribution in [2.45, 2.75) is 31.9 Å². The van der Waals surface area contributed by atoms with E-state index in [0.717, 1.165) is 6.42 Å². The number of terminal acetylenes is 1. The third kappa shape index (κ3) is 6.49. The lowest BCUT2D eigenvalue weighted by molar-refractivity contribution is 0.103. The Labute approximate surface area is 119 Å². The van der Waals surface area contributed by atoms with E-state index in [1.807, 2.05) is 0 Å². The molecular weight excluding hydrogens is 262 g/mol. The standard InChI is InChI=1S/C15H20ClNO2/c1-3-5-13(4-2)17-10-14(18)11-19-15-8-6-12(16)7-9-15/h1,6-9,13-14,17-18H,4-5,10-11H2,2H3. The topological polar surface area (TPSA) is 41.5 Å². The van der Waals surface area contributed by atoms with Gasteiger partial charge in [-0.25, -0.2) is 0 Å². The summed E-state index contributed by atoms with van der Waals surface area (Å²) in [6.45, 7) is 2.76. The molecule has 2 N–H and O–H groups in total. The van der Waals surface area contributed by atoms with Crippen LogP contribution in [0, 0.1) is 12.3 Å². The monoisotopic (exact) mass is 281 g/mol. The minimum Gasteiger partial charge on any atom is -0.491 e. The molecule has 104 valence electrons. The third-order valence-electron chi connectivity index (χ3n) is 2.76. The van der Waals surface area contributed by atoms with Crippen LogP contribution in [0.25, 0.3) is 0 Å². The molecule has 0 spiro atoms. The van der Waals surface area contributed by atoms with Gasteiger partial charge in [-0.05, 0) is 30.7 Å². The molecule has 0 saturated carbocycles. The van der Waals surface area contributed by atoms with Crippen molar-refractivity contribution in [3.8, 4) is 18.1 Å². The van der Waals surface area contributed by atoms with Crippen LogP contribution in [0.1, 0.15) is 19.8 Å². The average molecular weight is 282 g/mol. The van der Waals surface area contributed by atoms with Gasteiger partial charge in [-0.15, -0.1) is 12.3 Å². The number of halogens is 1. The van der Waals surface area contributed by atoms with Crippen LogP contribution in [0.4, 0.5) is 0 Å². The fraction of sp³-hybridized carbons (Fsp3) is 0.467. The fourth-order valence-corrected chi connectivity index (χ4v) is 1.71. The van der Waals surface area contributed by atoms with Gasteiger partial charge < -0.3 is 15.2 Å². The molecule has 0 aromatic heterocycles. The highest BCUT2D eigenvalue weighted by atomic mass is 35.5. The lowest BCUT2D eigenvalue weighted by Gasteiger charge is -2.18. The highest BCUT2D eigenvalue weighted by molar-refractivity contribution is 6.30. The van der Waals surface area contributed by atoms with Crippen LogP contribution in [0.3, 0.4) is 0 Å². The minimum atomic E-state index is -0.567. The summed E-state index contributed by atoms with van der Waals surface area (Å²) in [5.41, 5.74) is 0. The van der Waals surface area contributed by atoms with Crippen LogP contribution in [0.5, 0.6) is 5.75 Å². The number of ether oxygens (including phenoxy) is 1. The number of benzene rings is 1. The summed E-state index contributed by atoms with van der Waals surface area (Å²) in [6, 6.07) is 7.30. The molecule has 2 unspecified atom stereocenters. The Morgan fingerprint density at radius 1 is 1.42 bits per heavy atom. The molecule has 0 aliphatic heterocycles. The smallest absolute Gasteiger partial charge is 0.119 e. The zero-order chi connectivity index (χ0) is 14.1. The molecular formula is C15H20ClNO2. The second kappa shape index (κ2) is 8.82. The van der Waals surface area contributed by atoms with Crippen LogP contribution in [-0.2, 0) is 0 Å². The van der Waals surface area contributed by atoms with Crippen molar-refractivity contribution in [1.29, 1.82) is 0 Å². The number of nitrogens with one attached hydrogen (secondary N) is 1. The molecule has 0 fully saturated rings. The molecule has 0 aliphatic rings. The Hall–Kier alpha value is -1.21. The van der Waals surface area contributed by atoms with Crippen molar-refractivity contribution >= 4 is 11.6 Å². The second-order valence-electron chi connectivity index (χ2n) is 4.34. The maximum absolute atomic E-state index is 9.81. The van der Waals surface area contributed by atoms with Crippen molar-refractivity contribution in [2.24, 2.45) is 0 Å². The predicted octanol–water partition coefficient (Wildman–Crippen LogP) is 2.47. The van der Waals surface area contributed by atoms with Gasteiger partial charge in [0.1, 0.15) is 18.5 Å². The van der Waals surface area contributed by atoms with Crippen molar-refractivity contribution in [2.75, 3.05) is 13.2 Å². The average Bonchev–Trinajstić information content (AvgIpc) is 2.42. The molecule has 0 radical (unpaired) electrons. The number of aliphatic hydroxyl groups is 1. The first-order chi connectivity index (χ1) is 9.15. The van der Waals surface area contributed by atoms with Gasteiger partial charge in [-0.3, -0.25) is 0 Å². The maximum atomic E-state index is 9.81. The van der Waals surface area contributed by atoms with Crippen molar-refractivity contribution in [3.63, 3.8) is 0 Å². The maximum Gasteiger partial charge on any atom is 0.119 e. The minimum absolute atomic E-state index is 0.237. The molecule has 0 bridgehead atoms. The van der Waals surface area contributed by atoms with Crippen molar-refractivity contribution in [1.82, 2.24) is 5.32 Å². The first-order valence-electron chi connectivity index (χ1n) is 6.39. The molecule has 1 aromatic rings. The second-order valence-corrected chi connectivity index (χ2v) is 4.78. The first kappa shape index (κ1) is 15.8. The number of rotatable bonds is 8. The van der Waals surface area contributed by atoms with Gasteiger partial charge >= 0.3 is 0 Å². The van der Waals surface area contributed by atoms with Crippen molar-refractivity contribution in [3.05, 3.63) is 29.3 Å². The Balaban J connectivity index is 2.26. The fourth-order valence-electron chi connectivity index (χ4n) is 1.59. The number of aliphatic hydroxyl groups excluding tert-OH is 1. The summed E-state index contributed by atoms with van der Waals surface area (Å²) < 4.78 is 5.46. The molecule has 3 nitrogen and oxygen atoms in total. The van der Waals surface area contributed by atoms with E-state index < -0.39 is 6.10 Å². The summed E-state index contributed by atoms with van der Waals surface area (Å²) in [5.74, 6) is 3.31. The van der Waals surface area contributed by atoms with Gasteiger partial charge in [0.05, 0.1) is 0 Å². The number of hydrogen-bond acceptors (Lipinski definition) is 3. The van der Waals surface area contributed by atoms with E-state index in [-0.39, 0.29) is 12.6 Å². The molecule has 1 aromatic carbocycles. The van der Waals surface area contributed by atoms with E-state index in [4.69, 9.17) is 22.8 Å². The molecule has 4 heteroatoms. The molecule has 0 amide bonds. The van der Waals surface area contributed by atoms with Crippen LogP contribution >= 0.6 is 11.6 Å². The van der Waals surface area contributed by atoms with Crippen LogP contribution in [0.15, 0.2) is 24.3 Å². The summed E-state index contributed by atoms with van der Waals surface area (Å²) in [6.07, 6.45) is 6.31. The molecule has 1 rings (SSSR count). The molecule has 0 saturated heterocycles. The van der Waals surface area contributed by atoms with E-state index >= 15 is 0 Å². The molecule has 0 aliphatic carbocycles. The first-order valence-corrected chi connectivity index (χ1v) is 6.76. The van der Waals surface area contributed by atoms with Crippen molar-refractivity contribution < 1.29 is 9.84 Å². The van der Waals surface area contributed by atoms with Crippen LogP contribution in [0.2, 0.25) is 5.02 Å². The molecule has 2 atom stereocenters. The Morgan fingerprint density at radius 2 is 2.11 bits per heavy atom. The third-order valence-corrected chi connectivity index (χ3v) is 3.01. The summed E-state index contributed by atoms with van der Waals surface area (Å²) in [7, 11) is 0. The van der Waals surface area contributed by atoms with Gasteiger partial charge in [0, 0.05) is 24.0 Å². The predicted molar refractivity (Wildman–Crippen MR) is 78.5 cm³/mol. The highest BCUT2D eigenvalue weighted by Crippen LogP contribution is 2.15. The van der Waals surface area contributed by atoms with Gasteiger partial charge in [0.2, 0.25) is 0 Å². The Kier molecular flexibility index (Phi) is 7.35. The van der Waals surface area contributed by atoms with E-state index in [1.54, 1.807) is 24.3 Å². The summed E-state index contributed by atoms with van der Waals surface area (Å²) in [5, 5.41) is 13.7. The van der Waals surface area contributed by atoms with E-state index in [0.29, 0.717) is 23.7 Å². The lowest BCUT2D eigenvalue weighted by Crippen LogP contribution is -2.37. The molecule has 19 heavy (non-hydrogen) atoms. The Morgan fingerprint density at radius 3 is 2.68 bits per heavy atom. The zero-order valence-corrected chi connectivity index (χ0v) is 11.9. The van der Waals surface area contributed by atoms with E-state index in [9.17, 15) is 5.11 Å². The SMILES string of the molecule is C#CCC(CC)NCC(O)COc1ccc(Cl)cc1. The lowest BCUT2D eigenvalue weighted by atomic mass is 10.1. The van der Waals surface area contributed by atoms with Gasteiger partial charge in [0.25, 0.3) is 0 Å². The van der Waals surface area contributed by atoms with E-state index in [2.05, 4.69) is 18.2 Å². The Bertz CT molecular complexity index is 400. The normalized spacial score (nSPS) is 13.6. The van der Waals surface area contributed by atoms with Crippen LogP contribution in [-0.4, -0.2) is 30.4 Å². The molecule has 0 heterocycles. The zero-order valence-electron chi connectivity index (χ0n) is 11.1. The van der Waals surface area contributed by atoms with Gasteiger partial charge in [-0.1, -0.05) is 18.5 Å². The highest BCUT2D eigenvalue weighted by Gasteiger charge is 2.09. The van der Waals surface area contributed by atoms with Gasteiger partial charge in [0.15, 0.2) is 0 Å². The van der Waals surface area contributed by atoms with Gasteiger partial charge in [-0.2, -0.15) is 0 Å². The van der Waals surface area contributed by atoms with Crippen LogP contribution < -0.4 is 10.1 Å². The largest absolute Gasteiger partial charge is 0.491 e. The number of hydrogen-bond donors (Lipinski definition) is 2. The van der Waals surface area contributed by atoms with E-state index in [1.165, 1.54) is 0 Å². The summed E-state index contributed by atoms with van der Waals surface area (Å²) >= 11 is 5.77. The quantitative estimate of drug-likeness (QED) is 0.719.